The highest BCUT2D eigenvalue weighted by Gasteiger charge is 2.08. The van der Waals surface area contributed by atoms with E-state index >= 15 is 0 Å². The van der Waals surface area contributed by atoms with E-state index in [2.05, 4.69) is 21.5 Å². The second-order valence-corrected chi connectivity index (χ2v) is 7.13. The van der Waals surface area contributed by atoms with Crippen molar-refractivity contribution in [1.82, 2.24) is 16.2 Å². The molecular weight excluding hydrogens is 444 g/mol. The molecular formula is C23H26N4O5S. The summed E-state index contributed by atoms with van der Waals surface area (Å²) in [5, 5.41) is 5.09. The molecule has 0 atom stereocenters. The first kappa shape index (κ1) is 25.3. The Labute approximate surface area is 197 Å². The van der Waals surface area contributed by atoms with Crippen LogP contribution in [0.1, 0.15) is 35.7 Å². The van der Waals surface area contributed by atoms with Crippen molar-refractivity contribution in [3.05, 3.63) is 59.7 Å². The Morgan fingerprint density at radius 3 is 2.30 bits per heavy atom. The number of methoxy groups -OCH3 is 2. The Kier molecular flexibility index (Phi) is 9.84. The van der Waals surface area contributed by atoms with Gasteiger partial charge in [-0.25, -0.2) is 0 Å². The van der Waals surface area contributed by atoms with Crippen LogP contribution in [0.4, 0.5) is 5.69 Å². The molecule has 0 fully saturated rings. The monoisotopic (exact) mass is 470 g/mol. The van der Waals surface area contributed by atoms with E-state index in [1.54, 1.807) is 48.5 Å². The molecule has 0 bridgehead atoms. The molecule has 0 saturated heterocycles. The lowest BCUT2D eigenvalue weighted by molar-refractivity contribution is -0.116. The van der Waals surface area contributed by atoms with Gasteiger partial charge in [-0.3, -0.25) is 30.6 Å². The smallest absolute Gasteiger partial charge is 0.269 e. The number of anilines is 1. The molecule has 4 N–H and O–H groups in total. The predicted octanol–water partition coefficient (Wildman–Crippen LogP) is 2.79. The molecule has 2 aromatic carbocycles. The van der Waals surface area contributed by atoms with Crippen LogP contribution >= 0.6 is 12.2 Å². The van der Waals surface area contributed by atoms with Crippen molar-refractivity contribution in [3.63, 3.8) is 0 Å². The zero-order chi connectivity index (χ0) is 24.2. The van der Waals surface area contributed by atoms with E-state index in [1.165, 1.54) is 20.3 Å². The zero-order valence-corrected chi connectivity index (χ0v) is 19.4. The molecule has 3 amide bonds. The summed E-state index contributed by atoms with van der Waals surface area (Å²) in [5.74, 6) is 0.0904. The number of hydrogen-bond acceptors (Lipinski definition) is 6. The summed E-state index contributed by atoms with van der Waals surface area (Å²) < 4.78 is 10.4. The minimum absolute atomic E-state index is 0.0752. The van der Waals surface area contributed by atoms with E-state index in [9.17, 15) is 14.4 Å². The minimum atomic E-state index is -0.483. The number of amides is 3. The zero-order valence-electron chi connectivity index (χ0n) is 18.6. The molecule has 10 heteroatoms. The van der Waals surface area contributed by atoms with Gasteiger partial charge in [0.05, 0.1) is 14.2 Å². The van der Waals surface area contributed by atoms with E-state index in [0.29, 0.717) is 29.2 Å². The first-order chi connectivity index (χ1) is 15.9. The summed E-state index contributed by atoms with van der Waals surface area (Å²) in [5.41, 5.74) is 6.54. The van der Waals surface area contributed by atoms with E-state index in [0.717, 1.165) is 12.0 Å². The van der Waals surface area contributed by atoms with E-state index in [1.807, 2.05) is 6.92 Å². The van der Waals surface area contributed by atoms with Crippen molar-refractivity contribution in [2.24, 2.45) is 0 Å². The fourth-order valence-corrected chi connectivity index (χ4v) is 2.81. The van der Waals surface area contributed by atoms with Gasteiger partial charge < -0.3 is 14.8 Å². The topological polar surface area (TPSA) is 118 Å². The molecule has 0 saturated carbocycles. The van der Waals surface area contributed by atoms with Crippen molar-refractivity contribution < 1.29 is 23.9 Å². The number of thiocarbonyl (C=S) groups is 1. The van der Waals surface area contributed by atoms with Crippen LogP contribution in [0.5, 0.6) is 11.5 Å². The number of nitrogens with one attached hydrogen (secondary N) is 4. The summed E-state index contributed by atoms with van der Waals surface area (Å²) >= 11 is 5.02. The number of hydrazine groups is 1. The number of carbonyl (C=O) groups is 3. The standard InChI is InChI=1S/C23H26N4O5S/c1-4-5-20(28)24-17-10-8-16(9-11-17)22(30)26-27-23(33)25-21(29)13-7-15-6-12-18(31-2)19(14-15)32-3/h6-14H,4-5H2,1-3H3,(H,24,28)(H,26,30)(H2,25,27,29,33). The van der Waals surface area contributed by atoms with Crippen molar-refractivity contribution in [2.75, 3.05) is 19.5 Å². The summed E-state index contributed by atoms with van der Waals surface area (Å²) in [6.07, 6.45) is 4.06. The molecule has 0 spiro atoms. The lowest BCUT2D eigenvalue weighted by Crippen LogP contribution is -2.48. The van der Waals surface area contributed by atoms with Gasteiger partial charge >= 0.3 is 0 Å². The van der Waals surface area contributed by atoms with Crippen LogP contribution in [0.25, 0.3) is 6.08 Å². The Morgan fingerprint density at radius 1 is 0.970 bits per heavy atom. The molecule has 0 aliphatic carbocycles. The largest absolute Gasteiger partial charge is 0.493 e. The Morgan fingerprint density at radius 2 is 1.67 bits per heavy atom. The highest BCUT2D eigenvalue weighted by Crippen LogP contribution is 2.27. The van der Waals surface area contributed by atoms with Gasteiger partial charge in [-0.2, -0.15) is 0 Å². The molecule has 0 heterocycles. The van der Waals surface area contributed by atoms with Crippen LogP contribution in [0.3, 0.4) is 0 Å². The van der Waals surface area contributed by atoms with Crippen LogP contribution in [0.2, 0.25) is 0 Å². The van der Waals surface area contributed by atoms with Gasteiger partial charge in [-0.1, -0.05) is 13.0 Å². The van der Waals surface area contributed by atoms with Crippen LogP contribution < -0.4 is 31.0 Å². The predicted molar refractivity (Wildman–Crippen MR) is 130 cm³/mol. The Bertz CT molecular complexity index is 1040. The quantitative estimate of drug-likeness (QED) is 0.266. The number of benzene rings is 2. The lowest BCUT2D eigenvalue weighted by atomic mass is 10.2. The highest BCUT2D eigenvalue weighted by molar-refractivity contribution is 7.80. The van der Waals surface area contributed by atoms with E-state index < -0.39 is 11.8 Å². The average molecular weight is 471 g/mol. The Hall–Kier alpha value is -3.92. The van der Waals surface area contributed by atoms with Gasteiger partial charge in [0.15, 0.2) is 16.6 Å². The van der Waals surface area contributed by atoms with Crippen LogP contribution in [-0.4, -0.2) is 37.1 Å². The highest BCUT2D eigenvalue weighted by atomic mass is 32.1. The molecule has 0 aliphatic heterocycles. The molecule has 33 heavy (non-hydrogen) atoms. The molecule has 9 nitrogen and oxygen atoms in total. The number of ether oxygens (including phenoxy) is 2. The van der Waals surface area contributed by atoms with Crippen molar-refractivity contribution >= 4 is 46.8 Å². The summed E-state index contributed by atoms with van der Waals surface area (Å²) in [7, 11) is 3.06. The van der Waals surface area contributed by atoms with Crippen LogP contribution in [0, 0.1) is 0 Å². The molecule has 0 aromatic heterocycles. The van der Waals surface area contributed by atoms with Gasteiger partial charge in [0.2, 0.25) is 11.8 Å². The number of rotatable bonds is 8. The van der Waals surface area contributed by atoms with Gasteiger partial charge in [0.1, 0.15) is 0 Å². The van der Waals surface area contributed by atoms with Crippen molar-refractivity contribution in [1.29, 1.82) is 0 Å². The number of hydrogen-bond donors (Lipinski definition) is 4. The lowest BCUT2D eigenvalue weighted by Gasteiger charge is -2.10. The van der Waals surface area contributed by atoms with Gasteiger partial charge in [-0.15, -0.1) is 0 Å². The normalized spacial score (nSPS) is 10.3. The molecule has 2 rings (SSSR count). The number of carbonyl (C=O) groups excluding carboxylic acids is 3. The van der Waals surface area contributed by atoms with E-state index in [-0.39, 0.29) is 11.0 Å². The third-order valence-corrected chi connectivity index (χ3v) is 4.47. The molecule has 0 radical (unpaired) electrons. The first-order valence-electron chi connectivity index (χ1n) is 10.1. The van der Waals surface area contributed by atoms with Crippen molar-refractivity contribution in [2.45, 2.75) is 19.8 Å². The van der Waals surface area contributed by atoms with Crippen LogP contribution in [-0.2, 0) is 9.59 Å². The van der Waals surface area contributed by atoms with Gasteiger partial charge in [-0.05, 0) is 66.7 Å². The molecule has 2 aromatic rings. The summed E-state index contributed by atoms with van der Waals surface area (Å²) in [6, 6.07) is 11.6. The third-order valence-electron chi connectivity index (χ3n) is 4.27. The minimum Gasteiger partial charge on any atom is -0.493 e. The maximum Gasteiger partial charge on any atom is 0.269 e. The average Bonchev–Trinajstić information content (AvgIpc) is 2.81. The summed E-state index contributed by atoms with van der Waals surface area (Å²) in [6.45, 7) is 1.92. The second-order valence-electron chi connectivity index (χ2n) is 6.72. The third kappa shape index (κ3) is 8.26. The SMILES string of the molecule is CCCC(=O)Nc1ccc(C(=O)NNC(=S)NC(=O)C=Cc2ccc(OC)c(OC)c2)cc1. The molecule has 174 valence electrons. The van der Waals surface area contributed by atoms with Crippen molar-refractivity contribution in [3.8, 4) is 11.5 Å². The maximum atomic E-state index is 12.2. The molecule has 0 aliphatic rings. The van der Waals surface area contributed by atoms with Crippen LogP contribution in [0.15, 0.2) is 48.5 Å². The second kappa shape index (κ2) is 12.8. The summed E-state index contributed by atoms with van der Waals surface area (Å²) in [4.78, 5) is 35.9. The van der Waals surface area contributed by atoms with Gasteiger partial charge in [0.25, 0.3) is 5.91 Å². The van der Waals surface area contributed by atoms with Gasteiger partial charge in [0, 0.05) is 23.7 Å². The fraction of sp³-hybridized carbons (Fsp3) is 0.217. The Balaban J connectivity index is 1.82. The maximum absolute atomic E-state index is 12.2. The molecule has 0 unspecified atom stereocenters. The fourth-order valence-electron chi connectivity index (χ4n) is 2.65. The van der Waals surface area contributed by atoms with E-state index in [4.69, 9.17) is 21.7 Å². The first-order valence-corrected chi connectivity index (χ1v) is 10.5.